The third-order valence-corrected chi connectivity index (χ3v) is 2.96. The molecule has 0 aliphatic rings. The molecule has 0 radical (unpaired) electrons. The van der Waals surface area contributed by atoms with Crippen molar-refractivity contribution in [3.63, 3.8) is 0 Å². The van der Waals surface area contributed by atoms with Crippen molar-refractivity contribution in [3.05, 3.63) is 35.9 Å². The van der Waals surface area contributed by atoms with Gasteiger partial charge in [-0.2, -0.15) is 0 Å². The first kappa shape index (κ1) is 16.6. The number of benzene rings is 1. The second-order valence-electron chi connectivity index (χ2n) is 4.70. The topological polar surface area (TPSA) is 136 Å². The van der Waals surface area contributed by atoms with Gasteiger partial charge in [0.15, 0.2) is 0 Å². The molecule has 0 fully saturated rings. The molecule has 2 amide bonds. The van der Waals surface area contributed by atoms with E-state index in [1.807, 2.05) is 30.3 Å². The van der Waals surface area contributed by atoms with E-state index in [0.717, 1.165) is 5.56 Å². The van der Waals surface area contributed by atoms with Crippen LogP contribution in [0.5, 0.6) is 0 Å². The number of rotatable bonds is 8. The van der Waals surface area contributed by atoms with Gasteiger partial charge in [-0.3, -0.25) is 14.4 Å². The van der Waals surface area contributed by atoms with Gasteiger partial charge < -0.3 is 21.9 Å². The molecule has 0 spiro atoms. The Hall–Kier alpha value is -2.41. The summed E-state index contributed by atoms with van der Waals surface area (Å²) in [5.74, 6) is -2.26. The summed E-state index contributed by atoms with van der Waals surface area (Å²) in [4.78, 5) is 33.6. The zero-order valence-electron chi connectivity index (χ0n) is 11.5. The van der Waals surface area contributed by atoms with Crippen molar-refractivity contribution in [3.8, 4) is 0 Å². The first-order chi connectivity index (χ1) is 9.90. The van der Waals surface area contributed by atoms with Crippen molar-refractivity contribution in [2.24, 2.45) is 11.5 Å². The molecule has 0 aromatic heterocycles. The lowest BCUT2D eigenvalue weighted by atomic mass is 10.0. The fourth-order valence-electron chi connectivity index (χ4n) is 1.75. The zero-order valence-corrected chi connectivity index (χ0v) is 11.5. The second kappa shape index (κ2) is 8.01. The second-order valence-corrected chi connectivity index (χ2v) is 4.70. The molecule has 0 unspecified atom stereocenters. The molecule has 114 valence electrons. The molecule has 2 atom stereocenters. The number of nitrogens with one attached hydrogen (secondary N) is 1. The van der Waals surface area contributed by atoms with E-state index < -0.39 is 29.9 Å². The van der Waals surface area contributed by atoms with Crippen LogP contribution in [0.15, 0.2) is 30.3 Å². The molecule has 6 N–H and O–H groups in total. The third-order valence-electron chi connectivity index (χ3n) is 2.96. The number of carbonyl (C=O) groups is 3. The van der Waals surface area contributed by atoms with Crippen LogP contribution >= 0.6 is 0 Å². The molecule has 0 aliphatic heterocycles. The molecule has 1 aromatic rings. The van der Waals surface area contributed by atoms with E-state index in [4.69, 9.17) is 16.6 Å². The quantitative estimate of drug-likeness (QED) is 0.507. The van der Waals surface area contributed by atoms with E-state index in [0.29, 0.717) is 0 Å². The number of hydrogen-bond donors (Lipinski definition) is 4. The number of hydrogen-bond acceptors (Lipinski definition) is 4. The van der Waals surface area contributed by atoms with Gasteiger partial charge in [0.05, 0.1) is 0 Å². The number of aliphatic carboxylic acids is 1. The van der Waals surface area contributed by atoms with Crippen LogP contribution in [0.2, 0.25) is 0 Å². The Labute approximate surface area is 122 Å². The Morgan fingerprint density at radius 1 is 1.19 bits per heavy atom. The highest BCUT2D eigenvalue weighted by molar-refractivity contribution is 5.87. The van der Waals surface area contributed by atoms with Crippen LogP contribution < -0.4 is 16.8 Å². The molecule has 0 aliphatic carbocycles. The number of carbonyl (C=O) groups excluding carboxylic acids is 2. The average Bonchev–Trinajstić information content (AvgIpc) is 2.44. The minimum Gasteiger partial charge on any atom is -0.480 e. The highest BCUT2D eigenvalue weighted by atomic mass is 16.4. The summed E-state index contributed by atoms with van der Waals surface area (Å²) in [5.41, 5.74) is 11.4. The summed E-state index contributed by atoms with van der Waals surface area (Å²) in [5, 5.41) is 11.1. The van der Waals surface area contributed by atoms with Crippen molar-refractivity contribution >= 4 is 17.8 Å². The van der Waals surface area contributed by atoms with E-state index in [2.05, 4.69) is 5.32 Å². The largest absolute Gasteiger partial charge is 0.480 e. The lowest BCUT2D eigenvalue weighted by Crippen LogP contribution is -2.46. The Bertz CT molecular complexity index is 504. The van der Waals surface area contributed by atoms with Crippen LogP contribution in [0.1, 0.15) is 18.4 Å². The monoisotopic (exact) mass is 293 g/mol. The fraction of sp³-hybridized carbons (Fsp3) is 0.357. The van der Waals surface area contributed by atoms with Gasteiger partial charge in [-0.1, -0.05) is 30.3 Å². The van der Waals surface area contributed by atoms with Gasteiger partial charge in [-0.15, -0.1) is 0 Å². The van der Waals surface area contributed by atoms with Gasteiger partial charge >= 0.3 is 5.97 Å². The zero-order chi connectivity index (χ0) is 15.8. The van der Waals surface area contributed by atoms with Crippen LogP contribution in [-0.4, -0.2) is 35.0 Å². The average molecular weight is 293 g/mol. The predicted molar refractivity (Wildman–Crippen MR) is 76.1 cm³/mol. The van der Waals surface area contributed by atoms with Crippen molar-refractivity contribution in [2.75, 3.05) is 0 Å². The molecule has 7 nitrogen and oxygen atoms in total. The molecule has 7 heteroatoms. The van der Waals surface area contributed by atoms with Crippen LogP contribution in [0.3, 0.4) is 0 Å². The van der Waals surface area contributed by atoms with Gasteiger partial charge in [0, 0.05) is 12.8 Å². The maximum absolute atomic E-state index is 11.7. The summed E-state index contributed by atoms with van der Waals surface area (Å²) < 4.78 is 0. The van der Waals surface area contributed by atoms with Crippen molar-refractivity contribution < 1.29 is 19.5 Å². The highest BCUT2D eigenvalue weighted by Gasteiger charge is 2.20. The minimum absolute atomic E-state index is 0.00200. The maximum atomic E-state index is 11.7. The van der Waals surface area contributed by atoms with Crippen molar-refractivity contribution in [1.29, 1.82) is 0 Å². The van der Waals surface area contributed by atoms with E-state index in [-0.39, 0.29) is 19.3 Å². The number of carboxylic acids is 1. The van der Waals surface area contributed by atoms with Crippen molar-refractivity contribution in [2.45, 2.75) is 31.3 Å². The first-order valence-electron chi connectivity index (χ1n) is 6.51. The lowest BCUT2D eigenvalue weighted by Gasteiger charge is -2.16. The fourth-order valence-corrected chi connectivity index (χ4v) is 1.75. The SMILES string of the molecule is NC(=O)[C@H](Cc1ccccc1)NC(=O)CC[C@H](N)C(=O)O. The summed E-state index contributed by atoms with van der Waals surface area (Å²) >= 11 is 0. The first-order valence-corrected chi connectivity index (χ1v) is 6.51. The van der Waals surface area contributed by atoms with Gasteiger partial charge in [0.1, 0.15) is 12.1 Å². The van der Waals surface area contributed by atoms with Gasteiger partial charge in [0.2, 0.25) is 11.8 Å². The lowest BCUT2D eigenvalue weighted by molar-refractivity contribution is -0.138. The molecule has 0 saturated heterocycles. The van der Waals surface area contributed by atoms with Gasteiger partial charge in [-0.25, -0.2) is 0 Å². The van der Waals surface area contributed by atoms with Crippen LogP contribution in [0, 0.1) is 0 Å². The highest BCUT2D eigenvalue weighted by Crippen LogP contribution is 2.04. The van der Waals surface area contributed by atoms with Crippen molar-refractivity contribution in [1.82, 2.24) is 5.32 Å². The van der Waals surface area contributed by atoms with E-state index in [9.17, 15) is 14.4 Å². The molecule has 1 rings (SSSR count). The minimum atomic E-state index is -1.17. The molecular weight excluding hydrogens is 274 g/mol. The van der Waals surface area contributed by atoms with E-state index >= 15 is 0 Å². The molecular formula is C14H19N3O4. The predicted octanol–water partition coefficient (Wildman–Crippen LogP) is -0.609. The van der Waals surface area contributed by atoms with Gasteiger partial charge in [0.25, 0.3) is 0 Å². The molecule has 21 heavy (non-hydrogen) atoms. The van der Waals surface area contributed by atoms with E-state index in [1.165, 1.54) is 0 Å². The summed E-state index contributed by atoms with van der Waals surface area (Å²) in [6.45, 7) is 0. The summed E-state index contributed by atoms with van der Waals surface area (Å²) in [6, 6.07) is 7.19. The van der Waals surface area contributed by atoms with Crippen LogP contribution in [-0.2, 0) is 20.8 Å². The number of primary amides is 1. The Balaban J connectivity index is 2.53. The van der Waals surface area contributed by atoms with Crippen LogP contribution in [0.4, 0.5) is 0 Å². The smallest absolute Gasteiger partial charge is 0.320 e. The molecule has 0 heterocycles. The van der Waals surface area contributed by atoms with E-state index in [1.54, 1.807) is 0 Å². The number of nitrogens with two attached hydrogens (primary N) is 2. The Morgan fingerprint density at radius 2 is 1.81 bits per heavy atom. The molecule has 1 aromatic carbocycles. The standard InChI is InChI=1S/C14H19N3O4/c15-10(14(20)21)6-7-12(18)17-11(13(16)19)8-9-4-2-1-3-5-9/h1-5,10-11H,6-8,15H2,(H2,16,19)(H,17,18)(H,20,21)/t10-,11-/m0/s1. The third kappa shape index (κ3) is 6.05. The Morgan fingerprint density at radius 3 is 2.33 bits per heavy atom. The maximum Gasteiger partial charge on any atom is 0.320 e. The summed E-state index contributed by atoms with van der Waals surface area (Å²) in [7, 11) is 0. The molecule has 0 bridgehead atoms. The normalized spacial score (nSPS) is 13.2. The number of carboxylic acid groups (broad SMARTS) is 1. The number of amides is 2. The van der Waals surface area contributed by atoms with Gasteiger partial charge in [-0.05, 0) is 12.0 Å². The van der Waals surface area contributed by atoms with Crippen LogP contribution in [0.25, 0.3) is 0 Å². The Kier molecular flexibility index (Phi) is 6.35. The summed E-state index contributed by atoms with van der Waals surface area (Å²) in [6.07, 6.45) is 0.205. The molecule has 0 saturated carbocycles.